The van der Waals surface area contributed by atoms with Crippen molar-refractivity contribution in [2.24, 2.45) is 0 Å². The number of aromatic nitrogens is 4. The summed E-state index contributed by atoms with van der Waals surface area (Å²) < 4.78 is 9.91. The van der Waals surface area contributed by atoms with E-state index in [4.69, 9.17) is 4.74 Å². The largest absolute Gasteiger partial charge is 0.491 e. The SMILES string of the molecule is CCCCn1c(=O)n(CC(O)COc2cccc(CC)c2)c(=O)c2c1nc(CO)n2CCC. The highest BCUT2D eigenvalue weighted by Crippen LogP contribution is 2.15. The third-order valence-electron chi connectivity index (χ3n) is 5.66. The van der Waals surface area contributed by atoms with E-state index in [2.05, 4.69) is 4.98 Å². The summed E-state index contributed by atoms with van der Waals surface area (Å²) in [5, 5.41) is 20.4. The van der Waals surface area contributed by atoms with Crippen molar-refractivity contribution >= 4 is 11.2 Å². The van der Waals surface area contributed by atoms with E-state index in [0.29, 0.717) is 24.7 Å². The zero-order valence-electron chi connectivity index (χ0n) is 19.7. The number of hydrogen-bond acceptors (Lipinski definition) is 6. The molecule has 0 saturated carbocycles. The number of benzene rings is 1. The van der Waals surface area contributed by atoms with Crippen LogP contribution in [0.25, 0.3) is 11.2 Å². The number of aliphatic hydroxyl groups is 2. The lowest BCUT2D eigenvalue weighted by molar-refractivity contribution is 0.0901. The van der Waals surface area contributed by atoms with Gasteiger partial charge in [0.15, 0.2) is 11.2 Å². The molecule has 2 heterocycles. The number of aliphatic hydroxyl groups excluding tert-OH is 2. The second kappa shape index (κ2) is 11.3. The first-order valence-electron chi connectivity index (χ1n) is 11.7. The van der Waals surface area contributed by atoms with Crippen LogP contribution in [0.5, 0.6) is 5.75 Å². The number of imidazole rings is 1. The van der Waals surface area contributed by atoms with Crippen molar-refractivity contribution in [1.82, 2.24) is 18.7 Å². The van der Waals surface area contributed by atoms with Crippen LogP contribution in [0.2, 0.25) is 0 Å². The van der Waals surface area contributed by atoms with Gasteiger partial charge in [0.05, 0.1) is 6.54 Å². The minimum Gasteiger partial charge on any atom is -0.491 e. The second-order valence-electron chi connectivity index (χ2n) is 8.18. The molecule has 0 fully saturated rings. The normalized spacial score (nSPS) is 12.4. The minimum atomic E-state index is -1.06. The molecule has 3 rings (SSSR count). The molecule has 9 nitrogen and oxygen atoms in total. The Bertz CT molecular complexity index is 1190. The van der Waals surface area contributed by atoms with Gasteiger partial charge in [-0.25, -0.2) is 9.78 Å². The Labute approximate surface area is 192 Å². The highest BCUT2D eigenvalue weighted by molar-refractivity contribution is 5.71. The molecule has 0 saturated heterocycles. The van der Waals surface area contributed by atoms with E-state index in [1.807, 2.05) is 45.0 Å². The van der Waals surface area contributed by atoms with Gasteiger partial charge >= 0.3 is 5.69 Å². The molecule has 33 heavy (non-hydrogen) atoms. The molecule has 0 radical (unpaired) electrons. The van der Waals surface area contributed by atoms with Crippen LogP contribution >= 0.6 is 0 Å². The van der Waals surface area contributed by atoms with Crippen molar-refractivity contribution in [3.63, 3.8) is 0 Å². The molecule has 2 N–H and O–H groups in total. The van der Waals surface area contributed by atoms with Crippen LogP contribution in [0, 0.1) is 0 Å². The number of ether oxygens (including phenoxy) is 1. The molecule has 0 aliphatic rings. The zero-order valence-corrected chi connectivity index (χ0v) is 19.7. The molecule has 1 aromatic carbocycles. The fraction of sp³-hybridized carbons (Fsp3) is 0.542. The van der Waals surface area contributed by atoms with Gasteiger partial charge in [0.2, 0.25) is 0 Å². The van der Waals surface area contributed by atoms with Gasteiger partial charge in [0.25, 0.3) is 5.56 Å². The average Bonchev–Trinajstić information content (AvgIpc) is 3.19. The fourth-order valence-corrected chi connectivity index (χ4v) is 3.91. The number of fused-ring (bicyclic) bond motifs is 1. The molecule has 9 heteroatoms. The van der Waals surface area contributed by atoms with Crippen LogP contribution in [0.4, 0.5) is 0 Å². The summed E-state index contributed by atoms with van der Waals surface area (Å²) in [6, 6.07) is 7.60. The fourth-order valence-electron chi connectivity index (χ4n) is 3.91. The maximum absolute atomic E-state index is 13.3. The van der Waals surface area contributed by atoms with Crippen molar-refractivity contribution in [2.45, 2.75) is 78.8 Å². The maximum atomic E-state index is 13.3. The Morgan fingerprint density at radius 3 is 2.52 bits per heavy atom. The van der Waals surface area contributed by atoms with Gasteiger partial charge in [-0.3, -0.25) is 13.9 Å². The average molecular weight is 459 g/mol. The molecular weight excluding hydrogens is 424 g/mol. The number of nitrogens with zero attached hydrogens (tertiary/aromatic N) is 4. The molecule has 1 unspecified atom stereocenters. The molecule has 0 aliphatic carbocycles. The Hall–Kier alpha value is -2.91. The van der Waals surface area contributed by atoms with Crippen LogP contribution in [-0.4, -0.2) is 41.6 Å². The lowest BCUT2D eigenvalue weighted by Gasteiger charge is -2.16. The van der Waals surface area contributed by atoms with E-state index in [1.165, 1.54) is 4.57 Å². The summed E-state index contributed by atoms with van der Waals surface area (Å²) in [6.07, 6.45) is 2.15. The minimum absolute atomic E-state index is 0.0534. The van der Waals surface area contributed by atoms with Gasteiger partial charge in [0, 0.05) is 13.1 Å². The zero-order chi connectivity index (χ0) is 24.0. The van der Waals surface area contributed by atoms with Gasteiger partial charge in [-0.05, 0) is 37.0 Å². The Balaban J connectivity index is 1.97. The van der Waals surface area contributed by atoms with Gasteiger partial charge in [-0.1, -0.05) is 39.3 Å². The molecule has 0 aliphatic heterocycles. The Morgan fingerprint density at radius 2 is 1.85 bits per heavy atom. The van der Waals surface area contributed by atoms with Gasteiger partial charge in [-0.15, -0.1) is 0 Å². The Morgan fingerprint density at radius 1 is 1.06 bits per heavy atom. The summed E-state index contributed by atoms with van der Waals surface area (Å²) in [4.78, 5) is 31.0. The number of hydrogen-bond donors (Lipinski definition) is 2. The highest BCUT2D eigenvalue weighted by Gasteiger charge is 2.22. The first kappa shape index (κ1) is 24.7. The quantitative estimate of drug-likeness (QED) is 0.430. The summed E-state index contributed by atoms with van der Waals surface area (Å²) in [7, 11) is 0. The smallest absolute Gasteiger partial charge is 0.332 e. The van der Waals surface area contributed by atoms with Crippen LogP contribution in [-0.2, 0) is 32.7 Å². The van der Waals surface area contributed by atoms with Crippen molar-refractivity contribution < 1.29 is 14.9 Å². The highest BCUT2D eigenvalue weighted by atomic mass is 16.5. The molecule has 180 valence electrons. The summed E-state index contributed by atoms with van der Waals surface area (Å²) in [5.74, 6) is 0.983. The topological polar surface area (TPSA) is 112 Å². The first-order chi connectivity index (χ1) is 15.9. The summed E-state index contributed by atoms with van der Waals surface area (Å²) >= 11 is 0. The standard InChI is InChI=1S/C24H34N4O5/c1-4-7-12-27-22-21(26(11-5-2)20(15-29)25-22)23(31)28(24(27)32)14-18(30)16-33-19-10-8-9-17(6-3)13-19/h8-10,13,18,29-30H,4-7,11-12,14-16H2,1-3H3. The maximum Gasteiger partial charge on any atom is 0.332 e. The lowest BCUT2D eigenvalue weighted by Crippen LogP contribution is -2.44. The van der Waals surface area contributed by atoms with Crippen molar-refractivity contribution in [3.05, 3.63) is 56.5 Å². The first-order valence-corrected chi connectivity index (χ1v) is 11.7. The molecule has 3 aromatic rings. The predicted molar refractivity (Wildman–Crippen MR) is 127 cm³/mol. The lowest BCUT2D eigenvalue weighted by atomic mass is 10.2. The van der Waals surface area contributed by atoms with E-state index in [0.717, 1.165) is 35.8 Å². The molecule has 0 amide bonds. The third-order valence-corrected chi connectivity index (χ3v) is 5.66. The molecular formula is C24H34N4O5. The van der Waals surface area contributed by atoms with Gasteiger partial charge in [0.1, 0.15) is 30.9 Å². The van der Waals surface area contributed by atoms with Crippen LogP contribution < -0.4 is 16.0 Å². The summed E-state index contributed by atoms with van der Waals surface area (Å²) in [6.45, 7) is 6.34. The van der Waals surface area contributed by atoms with Crippen molar-refractivity contribution in [2.75, 3.05) is 6.61 Å². The molecule has 0 spiro atoms. The van der Waals surface area contributed by atoms with E-state index in [9.17, 15) is 19.8 Å². The number of rotatable bonds is 12. The molecule has 0 bridgehead atoms. The van der Waals surface area contributed by atoms with E-state index >= 15 is 0 Å². The van der Waals surface area contributed by atoms with Crippen LogP contribution in [0.3, 0.4) is 0 Å². The second-order valence-corrected chi connectivity index (χ2v) is 8.18. The molecule has 1 atom stereocenters. The third kappa shape index (κ3) is 5.36. The van der Waals surface area contributed by atoms with Crippen molar-refractivity contribution in [3.8, 4) is 5.75 Å². The Kier molecular flexibility index (Phi) is 8.46. The van der Waals surface area contributed by atoms with Crippen molar-refractivity contribution in [1.29, 1.82) is 0 Å². The predicted octanol–water partition coefficient (Wildman–Crippen LogP) is 2.06. The van der Waals surface area contributed by atoms with Crippen LogP contribution in [0.15, 0.2) is 33.9 Å². The van der Waals surface area contributed by atoms with E-state index < -0.39 is 17.4 Å². The van der Waals surface area contributed by atoms with Gasteiger partial charge in [-0.2, -0.15) is 0 Å². The monoisotopic (exact) mass is 458 g/mol. The van der Waals surface area contributed by atoms with Gasteiger partial charge < -0.3 is 19.5 Å². The number of unbranched alkanes of at least 4 members (excludes halogenated alkanes) is 1. The van der Waals surface area contributed by atoms with E-state index in [-0.39, 0.29) is 30.9 Å². The molecule has 2 aromatic heterocycles. The van der Waals surface area contributed by atoms with E-state index in [1.54, 1.807) is 4.57 Å². The summed E-state index contributed by atoms with van der Waals surface area (Å²) in [5.41, 5.74) is 0.648. The number of aryl methyl sites for hydroxylation is 3. The van der Waals surface area contributed by atoms with Crippen LogP contribution in [0.1, 0.15) is 51.4 Å².